The molecule has 0 bridgehead atoms. The molecule has 2 unspecified atom stereocenters. The Labute approximate surface area is 129 Å². The second-order valence-electron chi connectivity index (χ2n) is 6.68. The van der Waals surface area contributed by atoms with E-state index in [1.807, 2.05) is 0 Å². The number of nitrogens with one attached hydrogen (secondary N) is 1. The fraction of sp³-hybridized carbons (Fsp3) is 0.667. The fourth-order valence-corrected chi connectivity index (χ4v) is 3.86. The molecule has 0 amide bonds. The number of hydrogen-bond donors (Lipinski definition) is 1. The summed E-state index contributed by atoms with van der Waals surface area (Å²) in [7, 11) is 0. The third-order valence-electron chi connectivity index (χ3n) is 5.16. The van der Waals surface area contributed by atoms with Gasteiger partial charge < -0.3 is 10.2 Å². The topological polar surface area (TPSA) is 18.5 Å². The van der Waals surface area contributed by atoms with Gasteiger partial charge in [-0.15, -0.1) is 0 Å². The molecule has 21 heavy (non-hydrogen) atoms. The molecule has 0 radical (unpaired) electrons. The quantitative estimate of drug-likeness (QED) is 0.918. The Morgan fingerprint density at radius 2 is 2.14 bits per heavy atom. The van der Waals surface area contributed by atoms with Crippen LogP contribution in [0.2, 0.25) is 0 Å². The minimum absolute atomic E-state index is 0.623. The number of nitrogens with zero attached hydrogens (tertiary/aromatic N) is 2. The maximum absolute atomic E-state index is 3.42. The first-order chi connectivity index (χ1) is 10.2. The zero-order valence-electron chi connectivity index (χ0n) is 13.7. The maximum atomic E-state index is 3.42. The molecule has 1 N–H and O–H groups in total. The Balaban J connectivity index is 1.75. The van der Waals surface area contributed by atoms with Crippen molar-refractivity contribution >= 4 is 5.69 Å². The minimum Gasteiger partial charge on any atom is -0.366 e. The van der Waals surface area contributed by atoms with Crippen molar-refractivity contribution in [1.29, 1.82) is 0 Å². The van der Waals surface area contributed by atoms with Crippen LogP contribution in [0.15, 0.2) is 18.2 Å². The summed E-state index contributed by atoms with van der Waals surface area (Å²) in [6, 6.07) is 8.41. The van der Waals surface area contributed by atoms with Crippen LogP contribution < -0.4 is 10.2 Å². The molecule has 2 aliphatic heterocycles. The van der Waals surface area contributed by atoms with Crippen LogP contribution in [-0.4, -0.2) is 43.2 Å². The average Bonchev–Trinajstić information content (AvgIpc) is 2.92. The van der Waals surface area contributed by atoms with E-state index in [0.717, 1.165) is 19.1 Å². The van der Waals surface area contributed by atoms with Crippen molar-refractivity contribution in [3.63, 3.8) is 0 Å². The summed E-state index contributed by atoms with van der Waals surface area (Å²) in [5, 5.41) is 3.42. The van der Waals surface area contributed by atoms with Crippen LogP contribution in [0.1, 0.15) is 37.8 Å². The van der Waals surface area contributed by atoms with Crippen molar-refractivity contribution in [3.05, 3.63) is 29.3 Å². The first kappa shape index (κ1) is 14.9. The molecule has 1 aromatic carbocycles. The molecule has 3 rings (SSSR count). The number of piperazine rings is 1. The molecule has 2 heterocycles. The predicted octanol–water partition coefficient (Wildman–Crippen LogP) is 2.78. The smallest absolute Gasteiger partial charge is 0.0389 e. The lowest BCUT2D eigenvalue weighted by molar-refractivity contribution is 0.203. The van der Waals surface area contributed by atoms with Crippen molar-refractivity contribution in [2.24, 2.45) is 0 Å². The molecule has 3 heteroatoms. The summed E-state index contributed by atoms with van der Waals surface area (Å²) < 4.78 is 0. The standard InChI is InChI=1S/C18H29N3/c1-4-19-11-16-7-8-17(10-14(16)2)21-13-18-6-5-9-20(18)12-15(21)3/h7-8,10,15,18-19H,4-6,9,11-13H2,1-3H3. The first-order valence-corrected chi connectivity index (χ1v) is 8.50. The van der Waals surface area contributed by atoms with Gasteiger partial charge in [-0.2, -0.15) is 0 Å². The number of aryl methyl sites for hydroxylation is 1. The van der Waals surface area contributed by atoms with E-state index in [9.17, 15) is 0 Å². The molecule has 0 spiro atoms. The zero-order valence-corrected chi connectivity index (χ0v) is 13.7. The highest BCUT2D eigenvalue weighted by atomic mass is 15.3. The summed E-state index contributed by atoms with van der Waals surface area (Å²) in [5.41, 5.74) is 4.24. The van der Waals surface area contributed by atoms with Crippen molar-refractivity contribution in [2.75, 3.05) is 31.1 Å². The van der Waals surface area contributed by atoms with Gasteiger partial charge in [0.1, 0.15) is 0 Å². The summed E-state index contributed by atoms with van der Waals surface area (Å²) in [6.07, 6.45) is 2.76. The van der Waals surface area contributed by atoms with Crippen molar-refractivity contribution < 1.29 is 0 Å². The molecule has 116 valence electrons. The summed E-state index contributed by atoms with van der Waals surface area (Å²) in [4.78, 5) is 5.31. The van der Waals surface area contributed by atoms with Gasteiger partial charge >= 0.3 is 0 Å². The normalized spacial score (nSPS) is 26.1. The molecule has 2 saturated heterocycles. The summed E-state index contributed by atoms with van der Waals surface area (Å²) in [5.74, 6) is 0. The van der Waals surface area contributed by atoms with E-state index in [1.54, 1.807) is 0 Å². The van der Waals surface area contributed by atoms with Gasteiger partial charge in [0.2, 0.25) is 0 Å². The largest absolute Gasteiger partial charge is 0.366 e. The number of fused-ring (bicyclic) bond motifs is 1. The average molecular weight is 287 g/mol. The van der Waals surface area contributed by atoms with Crippen LogP contribution in [0.4, 0.5) is 5.69 Å². The third kappa shape index (κ3) is 3.09. The monoisotopic (exact) mass is 287 g/mol. The molecule has 2 fully saturated rings. The molecule has 0 saturated carbocycles. The number of anilines is 1. The molecule has 0 aromatic heterocycles. The summed E-state index contributed by atoms with van der Waals surface area (Å²) >= 11 is 0. The number of hydrogen-bond acceptors (Lipinski definition) is 3. The first-order valence-electron chi connectivity index (χ1n) is 8.50. The SMILES string of the molecule is CCNCc1ccc(N2CC3CCCN3CC2C)cc1C. The van der Waals surface area contributed by atoms with E-state index in [-0.39, 0.29) is 0 Å². The Kier molecular flexibility index (Phi) is 4.51. The van der Waals surface area contributed by atoms with E-state index in [4.69, 9.17) is 0 Å². The lowest BCUT2D eigenvalue weighted by Gasteiger charge is -2.43. The van der Waals surface area contributed by atoms with Gasteiger partial charge in [0.05, 0.1) is 0 Å². The lowest BCUT2D eigenvalue weighted by Crippen LogP contribution is -2.55. The zero-order chi connectivity index (χ0) is 14.8. The molecule has 2 aliphatic rings. The number of rotatable bonds is 4. The van der Waals surface area contributed by atoms with Gasteiger partial charge in [0.25, 0.3) is 0 Å². The molecule has 3 nitrogen and oxygen atoms in total. The van der Waals surface area contributed by atoms with Crippen LogP contribution in [0, 0.1) is 6.92 Å². The molecule has 0 aliphatic carbocycles. The van der Waals surface area contributed by atoms with E-state index >= 15 is 0 Å². The van der Waals surface area contributed by atoms with Gasteiger partial charge in [-0.05, 0) is 63.0 Å². The van der Waals surface area contributed by atoms with Gasteiger partial charge in [0, 0.05) is 37.4 Å². The van der Waals surface area contributed by atoms with Gasteiger partial charge in [-0.1, -0.05) is 13.0 Å². The van der Waals surface area contributed by atoms with Crippen molar-refractivity contribution in [2.45, 2.75) is 52.2 Å². The van der Waals surface area contributed by atoms with E-state index < -0.39 is 0 Å². The van der Waals surface area contributed by atoms with E-state index in [1.165, 1.54) is 49.3 Å². The highest BCUT2D eigenvalue weighted by Gasteiger charge is 2.34. The maximum Gasteiger partial charge on any atom is 0.0389 e. The Morgan fingerprint density at radius 1 is 1.29 bits per heavy atom. The highest BCUT2D eigenvalue weighted by molar-refractivity contribution is 5.52. The molecule has 2 atom stereocenters. The molecular formula is C18H29N3. The Morgan fingerprint density at radius 3 is 2.90 bits per heavy atom. The van der Waals surface area contributed by atoms with Gasteiger partial charge in [-0.3, -0.25) is 4.90 Å². The minimum atomic E-state index is 0.623. The lowest BCUT2D eigenvalue weighted by atomic mass is 10.0. The highest BCUT2D eigenvalue weighted by Crippen LogP contribution is 2.29. The van der Waals surface area contributed by atoms with Gasteiger partial charge in [-0.25, -0.2) is 0 Å². The van der Waals surface area contributed by atoms with Crippen molar-refractivity contribution in [1.82, 2.24) is 10.2 Å². The van der Waals surface area contributed by atoms with E-state index in [0.29, 0.717) is 6.04 Å². The third-order valence-corrected chi connectivity index (χ3v) is 5.16. The van der Waals surface area contributed by atoms with Crippen molar-refractivity contribution in [3.8, 4) is 0 Å². The van der Waals surface area contributed by atoms with E-state index in [2.05, 4.69) is 54.1 Å². The molecule has 1 aromatic rings. The summed E-state index contributed by atoms with van der Waals surface area (Å²) in [6.45, 7) is 12.5. The predicted molar refractivity (Wildman–Crippen MR) is 90.0 cm³/mol. The van der Waals surface area contributed by atoms with Crippen LogP contribution in [0.3, 0.4) is 0 Å². The Bertz CT molecular complexity index is 485. The van der Waals surface area contributed by atoms with Gasteiger partial charge in [0.15, 0.2) is 0 Å². The fourth-order valence-electron chi connectivity index (χ4n) is 3.86. The van der Waals surface area contributed by atoms with Crippen LogP contribution in [-0.2, 0) is 6.54 Å². The Hall–Kier alpha value is -1.06. The second kappa shape index (κ2) is 6.37. The van der Waals surface area contributed by atoms with Crippen LogP contribution >= 0.6 is 0 Å². The molecular weight excluding hydrogens is 258 g/mol. The van der Waals surface area contributed by atoms with Crippen LogP contribution in [0.25, 0.3) is 0 Å². The van der Waals surface area contributed by atoms with Crippen LogP contribution in [0.5, 0.6) is 0 Å². The second-order valence-corrected chi connectivity index (χ2v) is 6.68. The number of benzene rings is 1.